The number of nitrogens with one attached hydrogen (secondary N) is 1. The highest BCUT2D eigenvalue weighted by Crippen LogP contribution is 2.21. The average molecular weight is 375 g/mol. The van der Waals surface area contributed by atoms with Gasteiger partial charge >= 0.3 is 0 Å². The minimum Gasteiger partial charge on any atom is -0.322 e. The molecule has 0 unspecified atom stereocenters. The number of rotatable bonds is 5. The second kappa shape index (κ2) is 7.59. The van der Waals surface area contributed by atoms with Gasteiger partial charge in [-0.2, -0.15) is 0 Å². The number of carbonyl (C=O) groups excluding carboxylic acids is 1. The van der Waals surface area contributed by atoms with Gasteiger partial charge in [0.15, 0.2) is 0 Å². The van der Waals surface area contributed by atoms with Crippen molar-refractivity contribution in [2.75, 3.05) is 11.1 Å². The Morgan fingerprint density at radius 2 is 2.00 bits per heavy atom. The number of carbonyl (C=O) groups is 1. The Hall–Kier alpha value is -3.19. The minimum atomic E-state index is -0.153. The molecule has 7 heteroatoms. The highest BCUT2D eigenvalue weighted by molar-refractivity contribution is 7.99. The Bertz CT molecular complexity index is 1060. The van der Waals surface area contributed by atoms with E-state index >= 15 is 0 Å². The number of nitrogens with zero attached hydrogens (tertiary/aromatic N) is 4. The monoisotopic (exact) mass is 375 g/mol. The van der Waals surface area contributed by atoms with Crippen molar-refractivity contribution < 1.29 is 4.79 Å². The molecule has 0 aliphatic heterocycles. The summed E-state index contributed by atoms with van der Waals surface area (Å²) < 4.78 is 1.88. The fourth-order valence-electron chi connectivity index (χ4n) is 2.67. The average Bonchev–Trinajstić information content (AvgIpc) is 3.13. The SMILES string of the molecule is CCSc1cc(C(=O)Nc2ccc(-c3cn4cccnc4n3)cc2)ccn1. The molecule has 0 aliphatic rings. The lowest BCUT2D eigenvalue weighted by atomic mass is 10.1. The van der Waals surface area contributed by atoms with E-state index < -0.39 is 0 Å². The van der Waals surface area contributed by atoms with Crippen LogP contribution in [0.1, 0.15) is 17.3 Å². The van der Waals surface area contributed by atoms with E-state index in [0.29, 0.717) is 11.3 Å². The van der Waals surface area contributed by atoms with Gasteiger partial charge in [0.2, 0.25) is 5.78 Å². The van der Waals surface area contributed by atoms with Crippen LogP contribution < -0.4 is 5.32 Å². The first kappa shape index (κ1) is 17.2. The second-order valence-corrected chi connectivity index (χ2v) is 7.08. The maximum atomic E-state index is 12.5. The number of anilines is 1. The number of thioether (sulfide) groups is 1. The third-order valence-electron chi connectivity index (χ3n) is 3.96. The summed E-state index contributed by atoms with van der Waals surface area (Å²) in [5.74, 6) is 1.42. The zero-order chi connectivity index (χ0) is 18.6. The molecule has 27 heavy (non-hydrogen) atoms. The summed E-state index contributed by atoms with van der Waals surface area (Å²) in [6, 6.07) is 13.0. The van der Waals surface area contributed by atoms with Crippen LogP contribution in [0.4, 0.5) is 5.69 Å². The molecule has 134 valence electrons. The van der Waals surface area contributed by atoms with E-state index in [0.717, 1.165) is 27.7 Å². The number of hydrogen-bond acceptors (Lipinski definition) is 5. The van der Waals surface area contributed by atoms with Gasteiger partial charge in [-0.25, -0.2) is 15.0 Å². The zero-order valence-electron chi connectivity index (χ0n) is 14.7. The van der Waals surface area contributed by atoms with Crippen LogP contribution in [-0.4, -0.2) is 31.0 Å². The van der Waals surface area contributed by atoms with Gasteiger partial charge in [-0.3, -0.25) is 9.20 Å². The lowest BCUT2D eigenvalue weighted by Crippen LogP contribution is -2.12. The maximum Gasteiger partial charge on any atom is 0.255 e. The lowest BCUT2D eigenvalue weighted by molar-refractivity contribution is 0.102. The predicted molar refractivity (Wildman–Crippen MR) is 107 cm³/mol. The first-order valence-electron chi connectivity index (χ1n) is 8.53. The van der Waals surface area contributed by atoms with Crippen LogP contribution in [0.15, 0.2) is 72.3 Å². The third kappa shape index (κ3) is 3.83. The summed E-state index contributed by atoms with van der Waals surface area (Å²) in [7, 11) is 0. The molecular formula is C20H17N5OS. The smallest absolute Gasteiger partial charge is 0.255 e. The molecule has 3 heterocycles. The Kier molecular flexibility index (Phi) is 4.84. The number of aromatic nitrogens is 4. The van der Waals surface area contributed by atoms with Gasteiger partial charge in [-0.05, 0) is 36.1 Å². The molecule has 0 atom stereocenters. The minimum absolute atomic E-state index is 0.153. The van der Waals surface area contributed by atoms with Crippen molar-refractivity contribution in [3.63, 3.8) is 0 Å². The molecule has 6 nitrogen and oxygen atoms in total. The topological polar surface area (TPSA) is 72.2 Å². The van der Waals surface area contributed by atoms with Gasteiger partial charge in [0.05, 0.1) is 10.7 Å². The lowest BCUT2D eigenvalue weighted by Gasteiger charge is -2.07. The third-order valence-corrected chi connectivity index (χ3v) is 4.77. The number of hydrogen-bond donors (Lipinski definition) is 1. The van der Waals surface area contributed by atoms with E-state index in [4.69, 9.17) is 0 Å². The summed E-state index contributed by atoms with van der Waals surface area (Å²) in [4.78, 5) is 25.5. The Morgan fingerprint density at radius 3 is 2.78 bits per heavy atom. The number of benzene rings is 1. The number of pyridine rings is 1. The predicted octanol–water partition coefficient (Wildman–Crippen LogP) is 4.16. The fraction of sp³-hybridized carbons (Fsp3) is 0.100. The van der Waals surface area contributed by atoms with Crippen LogP contribution in [0, 0.1) is 0 Å². The van der Waals surface area contributed by atoms with E-state index in [1.54, 1.807) is 30.2 Å². The van der Waals surface area contributed by atoms with E-state index in [9.17, 15) is 4.79 Å². The van der Waals surface area contributed by atoms with Crippen molar-refractivity contribution in [2.24, 2.45) is 0 Å². The van der Waals surface area contributed by atoms with Crippen molar-refractivity contribution in [3.8, 4) is 11.3 Å². The van der Waals surface area contributed by atoms with E-state index in [1.807, 2.05) is 53.2 Å². The van der Waals surface area contributed by atoms with Crippen molar-refractivity contribution in [1.82, 2.24) is 19.4 Å². The molecule has 1 aromatic carbocycles. The van der Waals surface area contributed by atoms with Crippen molar-refractivity contribution in [1.29, 1.82) is 0 Å². The van der Waals surface area contributed by atoms with Crippen LogP contribution in [0.2, 0.25) is 0 Å². The van der Waals surface area contributed by atoms with E-state index in [-0.39, 0.29) is 5.91 Å². The Labute approximate surface area is 160 Å². The Morgan fingerprint density at radius 1 is 1.15 bits per heavy atom. The molecule has 0 saturated carbocycles. The largest absolute Gasteiger partial charge is 0.322 e. The summed E-state index contributed by atoms with van der Waals surface area (Å²) in [5.41, 5.74) is 3.12. The molecule has 1 N–H and O–H groups in total. The van der Waals surface area contributed by atoms with Gasteiger partial charge in [-0.1, -0.05) is 19.1 Å². The molecule has 3 aromatic heterocycles. The molecule has 0 bridgehead atoms. The highest BCUT2D eigenvalue weighted by Gasteiger charge is 2.09. The van der Waals surface area contributed by atoms with Gasteiger partial charge < -0.3 is 5.32 Å². The fourth-order valence-corrected chi connectivity index (χ4v) is 3.32. The molecule has 0 spiro atoms. The van der Waals surface area contributed by atoms with Gasteiger partial charge in [0.25, 0.3) is 5.91 Å². The van der Waals surface area contributed by atoms with Crippen molar-refractivity contribution >= 4 is 29.1 Å². The highest BCUT2D eigenvalue weighted by atomic mass is 32.2. The van der Waals surface area contributed by atoms with Gasteiger partial charge in [0, 0.05) is 41.6 Å². The maximum absolute atomic E-state index is 12.5. The van der Waals surface area contributed by atoms with E-state index in [1.165, 1.54) is 0 Å². The molecule has 0 radical (unpaired) electrons. The quantitative estimate of drug-likeness (QED) is 0.531. The van der Waals surface area contributed by atoms with Crippen LogP contribution >= 0.6 is 11.8 Å². The van der Waals surface area contributed by atoms with Crippen LogP contribution in [0.5, 0.6) is 0 Å². The summed E-state index contributed by atoms with van der Waals surface area (Å²) in [5, 5.41) is 3.77. The molecular weight excluding hydrogens is 358 g/mol. The standard InChI is InChI=1S/C20H17N5OS/c1-2-27-18-12-15(8-10-21-18)19(26)23-16-6-4-14(5-7-16)17-13-25-11-3-9-22-20(25)24-17/h3-13H,2H2,1H3,(H,23,26). The van der Waals surface area contributed by atoms with Crippen molar-refractivity contribution in [2.45, 2.75) is 11.9 Å². The molecule has 4 rings (SSSR count). The Balaban J connectivity index is 1.50. The van der Waals surface area contributed by atoms with Crippen LogP contribution in [0.3, 0.4) is 0 Å². The molecule has 4 aromatic rings. The molecule has 0 fully saturated rings. The summed E-state index contributed by atoms with van der Waals surface area (Å²) in [6.45, 7) is 2.06. The first-order valence-corrected chi connectivity index (χ1v) is 9.52. The zero-order valence-corrected chi connectivity index (χ0v) is 15.5. The number of amides is 1. The first-order chi connectivity index (χ1) is 13.2. The normalized spacial score (nSPS) is 10.9. The van der Waals surface area contributed by atoms with Crippen LogP contribution in [0.25, 0.3) is 17.0 Å². The summed E-state index contributed by atoms with van der Waals surface area (Å²) in [6.07, 6.45) is 7.22. The second-order valence-electron chi connectivity index (χ2n) is 5.80. The van der Waals surface area contributed by atoms with Crippen LogP contribution in [-0.2, 0) is 0 Å². The number of fused-ring (bicyclic) bond motifs is 1. The molecule has 0 aliphatic carbocycles. The molecule has 1 amide bonds. The summed E-state index contributed by atoms with van der Waals surface area (Å²) >= 11 is 1.61. The molecule has 0 saturated heterocycles. The van der Waals surface area contributed by atoms with E-state index in [2.05, 4.69) is 27.2 Å². The van der Waals surface area contributed by atoms with Crippen molar-refractivity contribution in [3.05, 3.63) is 72.8 Å². The van der Waals surface area contributed by atoms with Gasteiger partial charge in [-0.15, -0.1) is 11.8 Å². The van der Waals surface area contributed by atoms with Gasteiger partial charge in [0.1, 0.15) is 0 Å². The number of imidazole rings is 1.